The van der Waals surface area contributed by atoms with E-state index in [1.54, 1.807) is 0 Å². The maximum absolute atomic E-state index is 12.0. The van der Waals surface area contributed by atoms with Crippen LogP contribution in [0.15, 0.2) is 12.2 Å². The van der Waals surface area contributed by atoms with Crippen LogP contribution in [0.5, 0.6) is 0 Å². The summed E-state index contributed by atoms with van der Waals surface area (Å²) in [7, 11) is 0. The molecule has 18 heavy (non-hydrogen) atoms. The Morgan fingerprint density at radius 2 is 1.44 bits per heavy atom. The number of likely N-dealkylation sites (tertiary alicyclic amines) is 1. The first kappa shape index (κ1) is 13.6. The summed E-state index contributed by atoms with van der Waals surface area (Å²) in [6, 6.07) is 0. The molecule has 1 amide bonds. The number of hydrogen-bond acceptors (Lipinski definition) is 3. The summed E-state index contributed by atoms with van der Waals surface area (Å²) in [6.45, 7) is 13.7. The largest absolute Gasteiger partial charge is 0.342 e. The van der Waals surface area contributed by atoms with Crippen LogP contribution < -0.4 is 0 Å². The van der Waals surface area contributed by atoms with Gasteiger partial charge in [-0.15, -0.1) is 0 Å². The van der Waals surface area contributed by atoms with Crippen molar-refractivity contribution in [3.8, 4) is 0 Å². The lowest BCUT2D eigenvalue weighted by molar-refractivity contribution is -0.131. The second kappa shape index (κ2) is 6.34. The lowest BCUT2D eigenvalue weighted by atomic mass is 10.2. The molecule has 2 fully saturated rings. The molecule has 2 aliphatic rings. The van der Waals surface area contributed by atoms with Crippen LogP contribution in [0.3, 0.4) is 0 Å². The zero-order valence-electron chi connectivity index (χ0n) is 11.5. The normalized spacial score (nSPS) is 22.4. The van der Waals surface area contributed by atoms with Crippen molar-refractivity contribution in [3.05, 3.63) is 12.2 Å². The molecule has 0 saturated carbocycles. The molecular weight excluding hydrogens is 226 g/mol. The molecule has 2 heterocycles. The lowest BCUT2D eigenvalue weighted by Gasteiger charge is -2.35. The average molecular weight is 251 g/mol. The van der Waals surface area contributed by atoms with Crippen molar-refractivity contribution in [2.75, 3.05) is 52.4 Å². The van der Waals surface area contributed by atoms with E-state index < -0.39 is 0 Å². The summed E-state index contributed by atoms with van der Waals surface area (Å²) >= 11 is 0. The summed E-state index contributed by atoms with van der Waals surface area (Å²) in [5.41, 5.74) is 1.22. The molecule has 0 spiro atoms. The van der Waals surface area contributed by atoms with Crippen LogP contribution in [0.4, 0.5) is 0 Å². The smallest absolute Gasteiger partial charge is 0.236 e. The first-order valence-electron chi connectivity index (χ1n) is 7.02. The van der Waals surface area contributed by atoms with E-state index in [0.29, 0.717) is 12.5 Å². The van der Waals surface area contributed by atoms with E-state index >= 15 is 0 Å². The minimum Gasteiger partial charge on any atom is -0.342 e. The first-order valence-corrected chi connectivity index (χ1v) is 7.02. The SMILES string of the molecule is C=C(C)CN1CCN(CC(=O)N2CCCC2)CC1. The van der Waals surface area contributed by atoms with Gasteiger partial charge >= 0.3 is 0 Å². The molecule has 102 valence electrons. The first-order chi connectivity index (χ1) is 8.65. The molecule has 0 atom stereocenters. The second-order valence-corrected chi connectivity index (χ2v) is 5.60. The van der Waals surface area contributed by atoms with Gasteiger partial charge in [0.05, 0.1) is 6.54 Å². The Labute approximate surface area is 110 Å². The minimum absolute atomic E-state index is 0.320. The van der Waals surface area contributed by atoms with Crippen LogP contribution in [-0.4, -0.2) is 73.0 Å². The Bertz CT molecular complexity index is 302. The molecule has 0 aromatic carbocycles. The predicted octanol–water partition coefficient (Wildman–Crippen LogP) is 0.803. The van der Waals surface area contributed by atoms with E-state index in [1.165, 1.54) is 18.4 Å². The molecule has 4 nitrogen and oxygen atoms in total. The van der Waals surface area contributed by atoms with Gasteiger partial charge in [0.25, 0.3) is 0 Å². The second-order valence-electron chi connectivity index (χ2n) is 5.60. The van der Waals surface area contributed by atoms with E-state index in [1.807, 2.05) is 4.90 Å². The predicted molar refractivity (Wildman–Crippen MR) is 73.5 cm³/mol. The van der Waals surface area contributed by atoms with Crippen molar-refractivity contribution >= 4 is 5.91 Å². The maximum atomic E-state index is 12.0. The van der Waals surface area contributed by atoms with Crippen LogP contribution in [0.1, 0.15) is 19.8 Å². The topological polar surface area (TPSA) is 26.8 Å². The maximum Gasteiger partial charge on any atom is 0.236 e. The fourth-order valence-electron chi connectivity index (χ4n) is 2.75. The number of amides is 1. The molecule has 0 aromatic rings. The summed E-state index contributed by atoms with van der Waals surface area (Å²) < 4.78 is 0. The molecule has 0 N–H and O–H groups in total. The van der Waals surface area contributed by atoms with Crippen molar-refractivity contribution < 1.29 is 4.79 Å². The molecule has 2 rings (SSSR count). The van der Waals surface area contributed by atoms with E-state index in [-0.39, 0.29) is 0 Å². The Morgan fingerprint density at radius 1 is 0.944 bits per heavy atom. The monoisotopic (exact) mass is 251 g/mol. The summed E-state index contributed by atoms with van der Waals surface area (Å²) in [4.78, 5) is 18.7. The molecule has 0 radical (unpaired) electrons. The standard InChI is InChI=1S/C14H25N3O/c1-13(2)11-15-7-9-16(10-8-15)12-14(18)17-5-3-4-6-17/h1,3-12H2,2H3. The van der Waals surface area contributed by atoms with Gasteiger partial charge in [-0.2, -0.15) is 0 Å². The third-order valence-electron chi connectivity index (χ3n) is 3.78. The number of nitrogens with zero attached hydrogens (tertiary/aromatic N) is 3. The average Bonchev–Trinajstić information content (AvgIpc) is 2.84. The highest BCUT2D eigenvalue weighted by atomic mass is 16.2. The highest BCUT2D eigenvalue weighted by molar-refractivity contribution is 5.78. The van der Waals surface area contributed by atoms with E-state index in [4.69, 9.17) is 0 Å². The minimum atomic E-state index is 0.320. The van der Waals surface area contributed by atoms with Gasteiger partial charge < -0.3 is 4.90 Å². The van der Waals surface area contributed by atoms with E-state index in [9.17, 15) is 4.79 Å². The highest BCUT2D eigenvalue weighted by Gasteiger charge is 2.23. The van der Waals surface area contributed by atoms with Gasteiger partial charge in [-0.05, 0) is 19.8 Å². The van der Waals surface area contributed by atoms with Crippen molar-refractivity contribution in [3.63, 3.8) is 0 Å². The molecule has 2 saturated heterocycles. The quantitative estimate of drug-likeness (QED) is 0.692. The summed E-state index contributed by atoms with van der Waals surface area (Å²) in [6.07, 6.45) is 2.36. The number of carbonyl (C=O) groups excluding carboxylic acids is 1. The molecule has 2 aliphatic heterocycles. The number of piperazine rings is 1. The number of hydrogen-bond donors (Lipinski definition) is 0. The molecule has 4 heteroatoms. The van der Waals surface area contributed by atoms with Gasteiger partial charge in [-0.1, -0.05) is 12.2 Å². The summed E-state index contributed by atoms with van der Waals surface area (Å²) in [5.74, 6) is 0.320. The fourth-order valence-corrected chi connectivity index (χ4v) is 2.75. The van der Waals surface area contributed by atoms with Crippen LogP contribution in [0.25, 0.3) is 0 Å². The van der Waals surface area contributed by atoms with Crippen LogP contribution in [-0.2, 0) is 4.79 Å². The molecule has 0 unspecified atom stereocenters. The van der Waals surface area contributed by atoms with Crippen molar-refractivity contribution in [1.29, 1.82) is 0 Å². The van der Waals surface area contributed by atoms with Crippen molar-refractivity contribution in [2.45, 2.75) is 19.8 Å². The zero-order valence-corrected chi connectivity index (χ0v) is 11.5. The number of rotatable bonds is 4. The van der Waals surface area contributed by atoms with Crippen LogP contribution in [0, 0.1) is 0 Å². The van der Waals surface area contributed by atoms with Gasteiger partial charge in [-0.25, -0.2) is 0 Å². The van der Waals surface area contributed by atoms with Gasteiger partial charge in [0.15, 0.2) is 0 Å². The van der Waals surface area contributed by atoms with Gasteiger partial charge in [0.2, 0.25) is 5.91 Å². The lowest BCUT2D eigenvalue weighted by Crippen LogP contribution is -2.50. The van der Waals surface area contributed by atoms with Crippen LogP contribution in [0.2, 0.25) is 0 Å². The van der Waals surface area contributed by atoms with E-state index in [0.717, 1.165) is 45.8 Å². The van der Waals surface area contributed by atoms with Crippen molar-refractivity contribution in [2.24, 2.45) is 0 Å². The third kappa shape index (κ3) is 3.82. The molecule has 0 aliphatic carbocycles. The van der Waals surface area contributed by atoms with Crippen molar-refractivity contribution in [1.82, 2.24) is 14.7 Å². The van der Waals surface area contributed by atoms with Crippen LogP contribution >= 0.6 is 0 Å². The number of carbonyl (C=O) groups is 1. The molecular formula is C14H25N3O. The van der Waals surface area contributed by atoms with Gasteiger partial charge in [0, 0.05) is 45.8 Å². The Balaban J connectivity index is 1.69. The van der Waals surface area contributed by atoms with Gasteiger partial charge in [-0.3, -0.25) is 14.6 Å². The Morgan fingerprint density at radius 3 is 1.94 bits per heavy atom. The highest BCUT2D eigenvalue weighted by Crippen LogP contribution is 2.09. The Kier molecular flexibility index (Phi) is 4.78. The molecule has 0 aromatic heterocycles. The summed E-state index contributed by atoms with van der Waals surface area (Å²) in [5, 5.41) is 0. The molecule has 0 bridgehead atoms. The third-order valence-corrected chi connectivity index (χ3v) is 3.78. The Hall–Kier alpha value is -0.870. The van der Waals surface area contributed by atoms with Gasteiger partial charge in [0.1, 0.15) is 0 Å². The fraction of sp³-hybridized carbons (Fsp3) is 0.786. The zero-order chi connectivity index (χ0) is 13.0. The van der Waals surface area contributed by atoms with E-state index in [2.05, 4.69) is 23.3 Å².